The van der Waals surface area contributed by atoms with Gasteiger partial charge in [-0.2, -0.15) is 0 Å². The van der Waals surface area contributed by atoms with E-state index in [2.05, 4.69) is 30.6 Å². The van der Waals surface area contributed by atoms with Crippen molar-refractivity contribution in [2.45, 2.75) is 32.7 Å². The van der Waals surface area contributed by atoms with Crippen molar-refractivity contribution in [1.29, 1.82) is 0 Å². The predicted molar refractivity (Wildman–Crippen MR) is 105 cm³/mol. The molecule has 0 saturated carbocycles. The van der Waals surface area contributed by atoms with Crippen LogP contribution in [0.5, 0.6) is 0 Å². The number of nitrogens with one attached hydrogen (secondary N) is 3. The Bertz CT molecular complexity index is 905. The van der Waals surface area contributed by atoms with Crippen LogP contribution in [0.1, 0.15) is 49.0 Å². The third-order valence-corrected chi connectivity index (χ3v) is 4.35. The highest BCUT2D eigenvalue weighted by Gasteiger charge is 2.21. The first kappa shape index (κ1) is 19.5. The molecule has 8 heteroatoms. The summed E-state index contributed by atoms with van der Waals surface area (Å²) in [7, 11) is 0. The smallest absolute Gasteiger partial charge is 0.271 e. The summed E-state index contributed by atoms with van der Waals surface area (Å²) < 4.78 is 0. The van der Waals surface area contributed by atoms with Crippen LogP contribution in [0.4, 0.5) is 0 Å². The van der Waals surface area contributed by atoms with Crippen LogP contribution in [0, 0.1) is 5.92 Å². The Labute approximate surface area is 163 Å². The molecule has 1 aromatic carbocycles. The van der Waals surface area contributed by atoms with E-state index >= 15 is 0 Å². The number of nitrogens with zero attached hydrogens (tertiary/aromatic N) is 3. The topological polar surface area (TPSA) is 113 Å². The Kier molecular flexibility index (Phi) is 6.31. The average molecular weight is 380 g/mol. The van der Waals surface area contributed by atoms with Crippen molar-refractivity contribution in [3.63, 3.8) is 0 Å². The number of rotatable bonds is 8. The number of aromatic nitrogens is 4. The number of carbonyl (C=O) groups excluding carboxylic acids is 2. The number of para-hydroxylation sites is 2. The maximum absolute atomic E-state index is 12.4. The second-order valence-corrected chi connectivity index (χ2v) is 6.88. The molecular weight excluding hydrogens is 356 g/mol. The highest BCUT2D eigenvalue weighted by molar-refractivity contribution is 5.91. The first-order chi connectivity index (χ1) is 13.5. The van der Waals surface area contributed by atoms with Crippen molar-refractivity contribution < 1.29 is 9.59 Å². The molecule has 1 atom stereocenters. The number of carbonyl (C=O) groups is 2. The molecule has 1 unspecified atom stereocenters. The largest absolute Gasteiger partial charge is 0.351 e. The average Bonchev–Trinajstić information content (AvgIpc) is 3.13. The van der Waals surface area contributed by atoms with Gasteiger partial charge in [0.05, 0.1) is 23.3 Å². The first-order valence-electron chi connectivity index (χ1n) is 9.33. The first-order valence-corrected chi connectivity index (χ1v) is 9.33. The number of amides is 2. The Morgan fingerprint density at radius 3 is 2.71 bits per heavy atom. The number of hydrogen-bond donors (Lipinski definition) is 3. The molecule has 28 heavy (non-hydrogen) atoms. The van der Waals surface area contributed by atoms with Gasteiger partial charge in [-0.1, -0.05) is 26.0 Å². The molecule has 0 aliphatic heterocycles. The van der Waals surface area contributed by atoms with Gasteiger partial charge in [0.1, 0.15) is 11.5 Å². The second-order valence-electron chi connectivity index (χ2n) is 6.88. The summed E-state index contributed by atoms with van der Waals surface area (Å²) >= 11 is 0. The van der Waals surface area contributed by atoms with E-state index in [0.717, 1.165) is 16.9 Å². The van der Waals surface area contributed by atoms with Gasteiger partial charge in [0, 0.05) is 25.4 Å². The van der Waals surface area contributed by atoms with Crippen LogP contribution < -0.4 is 10.6 Å². The number of H-pyrrole nitrogens is 1. The molecule has 0 spiro atoms. The van der Waals surface area contributed by atoms with Gasteiger partial charge in [-0.05, 0) is 24.5 Å². The van der Waals surface area contributed by atoms with Crippen LogP contribution in [0.15, 0.2) is 42.9 Å². The number of benzene rings is 1. The van der Waals surface area contributed by atoms with Gasteiger partial charge in [-0.15, -0.1) is 0 Å². The molecule has 2 heterocycles. The van der Waals surface area contributed by atoms with Crippen molar-refractivity contribution in [3.8, 4) is 0 Å². The molecule has 2 amide bonds. The SMILES string of the molecule is CC(C)C(NC(=O)CCCNC(=O)c1cnccn1)c1nc2ccccc2[nH]1. The molecule has 0 aliphatic carbocycles. The molecule has 0 bridgehead atoms. The van der Waals surface area contributed by atoms with E-state index in [1.54, 1.807) is 0 Å². The van der Waals surface area contributed by atoms with E-state index in [0.29, 0.717) is 19.4 Å². The number of aromatic amines is 1. The van der Waals surface area contributed by atoms with E-state index < -0.39 is 0 Å². The fourth-order valence-electron chi connectivity index (χ4n) is 2.87. The standard InChI is InChI=1S/C20H24N6O2/c1-13(2)18(19-24-14-6-3-4-7-15(14)25-19)26-17(27)8-5-9-23-20(28)16-12-21-10-11-22-16/h3-4,6-7,10-13,18H,5,8-9H2,1-2H3,(H,23,28)(H,24,25)(H,26,27). The van der Waals surface area contributed by atoms with Crippen molar-refractivity contribution in [3.05, 3.63) is 54.4 Å². The lowest BCUT2D eigenvalue weighted by Gasteiger charge is -2.20. The molecule has 3 rings (SSSR count). The zero-order valence-electron chi connectivity index (χ0n) is 16.0. The van der Waals surface area contributed by atoms with Crippen molar-refractivity contribution in [2.75, 3.05) is 6.54 Å². The highest BCUT2D eigenvalue weighted by atomic mass is 16.2. The minimum Gasteiger partial charge on any atom is -0.351 e. The normalized spacial score (nSPS) is 12.1. The molecule has 0 radical (unpaired) electrons. The second kappa shape index (κ2) is 9.07. The van der Waals surface area contributed by atoms with Crippen LogP contribution in [0.25, 0.3) is 11.0 Å². The Morgan fingerprint density at radius 2 is 2.00 bits per heavy atom. The van der Waals surface area contributed by atoms with E-state index in [4.69, 9.17) is 0 Å². The van der Waals surface area contributed by atoms with Crippen LogP contribution in [-0.2, 0) is 4.79 Å². The third kappa shape index (κ3) is 4.91. The molecule has 0 aliphatic rings. The molecule has 0 fully saturated rings. The number of fused-ring (bicyclic) bond motifs is 1. The fraction of sp³-hybridized carbons (Fsp3) is 0.350. The van der Waals surface area contributed by atoms with Crippen molar-refractivity contribution >= 4 is 22.8 Å². The summed E-state index contributed by atoms with van der Waals surface area (Å²) in [5.41, 5.74) is 2.09. The fourth-order valence-corrected chi connectivity index (χ4v) is 2.87. The zero-order valence-corrected chi connectivity index (χ0v) is 16.0. The minimum atomic E-state index is -0.296. The van der Waals surface area contributed by atoms with Crippen molar-refractivity contribution in [2.24, 2.45) is 5.92 Å². The molecular formula is C20H24N6O2. The molecule has 3 aromatic rings. The number of imidazole rings is 1. The zero-order chi connectivity index (χ0) is 19.9. The summed E-state index contributed by atoms with van der Waals surface area (Å²) in [6, 6.07) is 7.58. The molecule has 8 nitrogen and oxygen atoms in total. The maximum atomic E-state index is 12.4. The third-order valence-electron chi connectivity index (χ3n) is 4.35. The summed E-state index contributed by atoms with van der Waals surface area (Å²) in [5.74, 6) is 0.560. The Hall–Kier alpha value is -3.29. The predicted octanol–water partition coefficient (Wildman–Crippen LogP) is 2.38. The van der Waals surface area contributed by atoms with Crippen LogP contribution in [-0.4, -0.2) is 38.3 Å². The lowest BCUT2D eigenvalue weighted by molar-refractivity contribution is -0.122. The summed E-state index contributed by atoms with van der Waals surface area (Å²) in [5, 5.41) is 5.79. The number of hydrogen-bond acceptors (Lipinski definition) is 5. The molecule has 2 aromatic heterocycles. The van der Waals surface area contributed by atoms with Gasteiger partial charge >= 0.3 is 0 Å². The van der Waals surface area contributed by atoms with E-state index in [1.165, 1.54) is 18.6 Å². The lowest BCUT2D eigenvalue weighted by Crippen LogP contribution is -2.33. The summed E-state index contributed by atoms with van der Waals surface area (Å²) in [6.45, 7) is 4.47. The van der Waals surface area contributed by atoms with Gasteiger partial charge in [-0.3, -0.25) is 14.6 Å². The van der Waals surface area contributed by atoms with E-state index in [-0.39, 0.29) is 29.5 Å². The van der Waals surface area contributed by atoms with Gasteiger partial charge < -0.3 is 15.6 Å². The monoisotopic (exact) mass is 380 g/mol. The van der Waals surface area contributed by atoms with Crippen LogP contribution in [0.3, 0.4) is 0 Å². The van der Waals surface area contributed by atoms with Crippen molar-refractivity contribution in [1.82, 2.24) is 30.6 Å². The van der Waals surface area contributed by atoms with Crippen LogP contribution in [0.2, 0.25) is 0 Å². The summed E-state index contributed by atoms with van der Waals surface area (Å²) in [6.07, 6.45) is 5.22. The van der Waals surface area contributed by atoms with Gasteiger partial charge in [0.2, 0.25) is 5.91 Å². The van der Waals surface area contributed by atoms with Crippen LogP contribution >= 0.6 is 0 Å². The van der Waals surface area contributed by atoms with E-state index in [9.17, 15) is 9.59 Å². The highest BCUT2D eigenvalue weighted by Crippen LogP contribution is 2.22. The van der Waals surface area contributed by atoms with Gasteiger partial charge in [0.25, 0.3) is 5.91 Å². The molecule has 3 N–H and O–H groups in total. The van der Waals surface area contributed by atoms with E-state index in [1.807, 2.05) is 38.1 Å². The Balaban J connectivity index is 1.50. The summed E-state index contributed by atoms with van der Waals surface area (Å²) in [4.78, 5) is 40.0. The minimum absolute atomic E-state index is 0.0760. The molecule has 146 valence electrons. The Morgan fingerprint density at radius 1 is 1.18 bits per heavy atom. The van der Waals surface area contributed by atoms with Gasteiger partial charge in [-0.25, -0.2) is 9.97 Å². The van der Waals surface area contributed by atoms with Gasteiger partial charge in [0.15, 0.2) is 0 Å². The maximum Gasteiger partial charge on any atom is 0.271 e. The lowest BCUT2D eigenvalue weighted by atomic mass is 10.0. The molecule has 0 saturated heterocycles. The quantitative estimate of drug-likeness (QED) is 0.519.